The Morgan fingerprint density at radius 1 is 1.16 bits per heavy atom. The van der Waals surface area contributed by atoms with Crippen molar-refractivity contribution in [1.82, 2.24) is 24.8 Å². The number of rotatable bonds is 3. The predicted molar refractivity (Wildman–Crippen MR) is 72.2 cm³/mol. The van der Waals surface area contributed by atoms with Crippen LogP contribution in [0.2, 0.25) is 0 Å². The van der Waals surface area contributed by atoms with Crippen molar-refractivity contribution in [1.29, 1.82) is 0 Å². The minimum atomic E-state index is 0.416. The molecule has 0 atom stereocenters. The van der Waals surface area contributed by atoms with E-state index in [9.17, 15) is 0 Å². The van der Waals surface area contributed by atoms with Crippen LogP contribution in [0.5, 0.6) is 0 Å². The summed E-state index contributed by atoms with van der Waals surface area (Å²) in [6, 6.07) is 12.0. The molecule has 0 saturated heterocycles. The third-order valence-corrected chi connectivity index (χ3v) is 3.00. The van der Waals surface area contributed by atoms with Crippen molar-refractivity contribution in [3.8, 4) is 11.4 Å². The van der Waals surface area contributed by atoms with Crippen LogP contribution < -0.4 is 5.73 Å². The van der Waals surface area contributed by atoms with Crippen molar-refractivity contribution in [2.24, 2.45) is 7.05 Å². The second kappa shape index (κ2) is 4.56. The first-order valence-electron chi connectivity index (χ1n) is 5.97. The third kappa shape index (κ3) is 2.08. The van der Waals surface area contributed by atoms with Crippen LogP contribution in [0.15, 0.2) is 42.6 Å². The maximum atomic E-state index is 5.92. The zero-order valence-electron chi connectivity index (χ0n) is 10.6. The van der Waals surface area contributed by atoms with Gasteiger partial charge in [0.1, 0.15) is 5.69 Å². The summed E-state index contributed by atoms with van der Waals surface area (Å²) in [6.45, 7) is 0.631. The molecule has 0 aliphatic carbocycles. The maximum Gasteiger partial charge on any atom is 0.175 e. The summed E-state index contributed by atoms with van der Waals surface area (Å²) in [5.74, 6) is 0.416. The number of aryl methyl sites for hydroxylation is 1. The highest BCUT2D eigenvalue weighted by Crippen LogP contribution is 2.23. The van der Waals surface area contributed by atoms with Crippen molar-refractivity contribution < 1.29 is 0 Å². The lowest BCUT2D eigenvalue weighted by molar-refractivity contribution is 0.649. The SMILES string of the molecule is Cn1nccc1-c1c(N)nnn1Cc1ccccc1. The van der Waals surface area contributed by atoms with Gasteiger partial charge in [0.15, 0.2) is 5.82 Å². The molecular formula is C13H14N6. The Balaban J connectivity index is 2.02. The number of nitrogen functional groups attached to an aromatic ring is 1. The molecule has 1 aromatic carbocycles. The van der Waals surface area contributed by atoms with Crippen LogP contribution in [-0.4, -0.2) is 24.8 Å². The van der Waals surface area contributed by atoms with E-state index < -0.39 is 0 Å². The Labute approximate surface area is 110 Å². The summed E-state index contributed by atoms with van der Waals surface area (Å²) in [5, 5.41) is 12.2. The summed E-state index contributed by atoms with van der Waals surface area (Å²) < 4.78 is 3.55. The van der Waals surface area contributed by atoms with E-state index in [1.165, 1.54) is 0 Å². The van der Waals surface area contributed by atoms with Gasteiger partial charge in [0.25, 0.3) is 0 Å². The minimum Gasteiger partial charge on any atom is -0.380 e. The highest BCUT2D eigenvalue weighted by atomic mass is 15.5. The molecule has 2 N–H and O–H groups in total. The van der Waals surface area contributed by atoms with Crippen LogP contribution in [0.4, 0.5) is 5.82 Å². The number of nitrogens with two attached hydrogens (primary N) is 1. The van der Waals surface area contributed by atoms with Gasteiger partial charge < -0.3 is 5.73 Å². The molecule has 0 saturated carbocycles. The monoisotopic (exact) mass is 254 g/mol. The number of anilines is 1. The van der Waals surface area contributed by atoms with E-state index in [0.29, 0.717) is 12.4 Å². The molecule has 0 aliphatic heterocycles. The first-order chi connectivity index (χ1) is 9.25. The predicted octanol–water partition coefficient (Wildman–Crippen LogP) is 1.31. The van der Waals surface area contributed by atoms with Gasteiger partial charge in [-0.2, -0.15) is 5.10 Å². The molecule has 96 valence electrons. The number of aromatic nitrogens is 5. The first kappa shape index (κ1) is 11.5. The minimum absolute atomic E-state index is 0.416. The van der Waals surface area contributed by atoms with E-state index in [1.807, 2.05) is 43.4 Å². The zero-order chi connectivity index (χ0) is 13.2. The normalized spacial score (nSPS) is 10.8. The van der Waals surface area contributed by atoms with Crippen LogP contribution in [-0.2, 0) is 13.6 Å². The fourth-order valence-electron chi connectivity index (χ4n) is 2.06. The highest BCUT2D eigenvalue weighted by Gasteiger charge is 2.15. The molecule has 0 aliphatic rings. The van der Waals surface area contributed by atoms with Gasteiger partial charge in [-0.15, -0.1) is 5.10 Å². The summed E-state index contributed by atoms with van der Waals surface area (Å²) in [7, 11) is 1.87. The van der Waals surface area contributed by atoms with Crippen LogP contribution in [0, 0.1) is 0 Å². The fraction of sp³-hybridized carbons (Fsp3) is 0.154. The molecule has 6 heteroatoms. The molecule has 0 unspecified atom stereocenters. The molecule has 0 amide bonds. The molecular weight excluding hydrogens is 240 g/mol. The van der Waals surface area contributed by atoms with E-state index in [2.05, 4.69) is 15.4 Å². The number of nitrogens with zero attached hydrogens (tertiary/aromatic N) is 5. The van der Waals surface area contributed by atoms with Crippen molar-refractivity contribution in [2.75, 3.05) is 5.73 Å². The van der Waals surface area contributed by atoms with E-state index in [-0.39, 0.29) is 0 Å². The average Bonchev–Trinajstić information content (AvgIpc) is 2.97. The van der Waals surface area contributed by atoms with Crippen LogP contribution in [0.25, 0.3) is 11.4 Å². The Hall–Kier alpha value is -2.63. The largest absolute Gasteiger partial charge is 0.380 e. The summed E-state index contributed by atoms with van der Waals surface area (Å²) in [6.07, 6.45) is 1.73. The molecule has 0 fully saturated rings. The lowest BCUT2D eigenvalue weighted by Crippen LogP contribution is -2.06. The number of hydrogen-bond donors (Lipinski definition) is 1. The molecule has 2 heterocycles. The topological polar surface area (TPSA) is 74.6 Å². The van der Waals surface area contributed by atoms with Crippen molar-refractivity contribution in [3.63, 3.8) is 0 Å². The Kier molecular flexibility index (Phi) is 2.75. The fourth-order valence-corrected chi connectivity index (χ4v) is 2.06. The van der Waals surface area contributed by atoms with Gasteiger partial charge in [0, 0.05) is 13.2 Å². The van der Waals surface area contributed by atoms with Crippen LogP contribution in [0.3, 0.4) is 0 Å². The van der Waals surface area contributed by atoms with Gasteiger partial charge >= 0.3 is 0 Å². The van der Waals surface area contributed by atoms with E-state index in [4.69, 9.17) is 5.73 Å². The van der Waals surface area contributed by atoms with Gasteiger partial charge in [-0.25, -0.2) is 4.68 Å². The van der Waals surface area contributed by atoms with Gasteiger partial charge in [0.05, 0.1) is 12.2 Å². The lowest BCUT2D eigenvalue weighted by Gasteiger charge is -2.07. The summed E-state index contributed by atoms with van der Waals surface area (Å²) in [4.78, 5) is 0. The summed E-state index contributed by atoms with van der Waals surface area (Å²) in [5.41, 5.74) is 8.77. The van der Waals surface area contributed by atoms with Gasteiger partial charge in [-0.1, -0.05) is 35.5 Å². The van der Waals surface area contributed by atoms with Crippen LogP contribution >= 0.6 is 0 Å². The first-order valence-corrected chi connectivity index (χ1v) is 5.97. The Morgan fingerprint density at radius 2 is 1.95 bits per heavy atom. The van der Waals surface area contributed by atoms with Crippen LogP contribution in [0.1, 0.15) is 5.56 Å². The molecule has 3 rings (SSSR count). The Morgan fingerprint density at radius 3 is 2.63 bits per heavy atom. The molecule has 19 heavy (non-hydrogen) atoms. The quantitative estimate of drug-likeness (QED) is 0.764. The summed E-state index contributed by atoms with van der Waals surface area (Å²) >= 11 is 0. The molecule has 6 nitrogen and oxygen atoms in total. The van der Waals surface area contributed by atoms with E-state index in [0.717, 1.165) is 17.0 Å². The average molecular weight is 254 g/mol. The third-order valence-electron chi connectivity index (χ3n) is 3.00. The molecule has 0 bridgehead atoms. The number of benzene rings is 1. The van der Waals surface area contributed by atoms with E-state index >= 15 is 0 Å². The maximum absolute atomic E-state index is 5.92. The Bertz CT molecular complexity index is 682. The van der Waals surface area contributed by atoms with Crippen molar-refractivity contribution in [2.45, 2.75) is 6.54 Å². The smallest absolute Gasteiger partial charge is 0.175 e. The second-order valence-corrected chi connectivity index (χ2v) is 4.31. The van der Waals surface area contributed by atoms with Crippen molar-refractivity contribution >= 4 is 5.82 Å². The van der Waals surface area contributed by atoms with Gasteiger partial charge in [-0.05, 0) is 11.6 Å². The van der Waals surface area contributed by atoms with Gasteiger partial charge in [0.2, 0.25) is 0 Å². The standard InChI is InChI=1S/C13H14N6/c1-18-11(7-8-15-18)12-13(14)16-17-19(12)9-10-5-3-2-4-6-10/h2-8H,9,14H2,1H3. The molecule has 0 spiro atoms. The zero-order valence-corrected chi connectivity index (χ0v) is 10.6. The van der Waals surface area contributed by atoms with E-state index in [1.54, 1.807) is 15.6 Å². The van der Waals surface area contributed by atoms with Gasteiger partial charge in [-0.3, -0.25) is 4.68 Å². The lowest BCUT2D eigenvalue weighted by atomic mass is 10.2. The second-order valence-electron chi connectivity index (χ2n) is 4.31. The highest BCUT2D eigenvalue weighted by molar-refractivity contribution is 5.66. The van der Waals surface area contributed by atoms with Crippen molar-refractivity contribution in [3.05, 3.63) is 48.2 Å². The molecule has 0 radical (unpaired) electrons. The molecule has 3 aromatic rings. The molecule has 2 aromatic heterocycles. The number of hydrogen-bond acceptors (Lipinski definition) is 4.